The second-order valence-electron chi connectivity index (χ2n) is 3.89. The molecule has 0 saturated heterocycles. The van der Waals surface area contributed by atoms with Crippen LogP contribution in [0.5, 0.6) is 0 Å². The van der Waals surface area contributed by atoms with Crippen LogP contribution in [0.4, 0.5) is 11.5 Å². The predicted octanol–water partition coefficient (Wildman–Crippen LogP) is 0.649. The van der Waals surface area contributed by atoms with Gasteiger partial charge in [0.1, 0.15) is 11.9 Å². The molecule has 0 fully saturated rings. The van der Waals surface area contributed by atoms with E-state index in [-0.39, 0.29) is 24.5 Å². The van der Waals surface area contributed by atoms with Gasteiger partial charge >= 0.3 is 0 Å². The molecular formula is C10H16N6O2. The maximum absolute atomic E-state index is 9.96. The third-order valence-corrected chi connectivity index (χ3v) is 2.58. The summed E-state index contributed by atoms with van der Waals surface area (Å²) in [6.45, 7) is 1.76. The molecule has 1 aromatic rings. The fraction of sp³-hybridized carbons (Fsp3) is 0.500. The molecule has 0 saturated carbocycles. The van der Waals surface area contributed by atoms with Crippen LogP contribution in [-0.4, -0.2) is 27.8 Å². The average Bonchev–Trinajstić information content (AvgIpc) is 2.33. The Bertz CT molecular complexity index is 472. The van der Waals surface area contributed by atoms with Gasteiger partial charge in [0.2, 0.25) is 0 Å². The number of aliphatic hydroxyl groups excluding tert-OH is 2. The monoisotopic (exact) mass is 252 g/mol. The number of nitrogen functional groups attached to an aromatic ring is 2. The molecule has 0 aliphatic carbocycles. The van der Waals surface area contributed by atoms with Crippen molar-refractivity contribution in [3.63, 3.8) is 0 Å². The van der Waals surface area contributed by atoms with E-state index in [1.54, 1.807) is 6.92 Å². The van der Waals surface area contributed by atoms with Crippen molar-refractivity contribution in [3.05, 3.63) is 27.8 Å². The van der Waals surface area contributed by atoms with Crippen molar-refractivity contribution >= 4 is 11.5 Å². The standard InChI is InChI=1S/C10H16N6O2/c1-5-6(4-7(11)10(12)15-5)9(18)8(17)2-3-14-16-13/h4,8-9,17-18H,2-3,11H2,1H3,(H2,12,15). The molecular weight excluding hydrogens is 236 g/mol. The van der Waals surface area contributed by atoms with Gasteiger partial charge in [-0.15, -0.1) is 0 Å². The molecule has 8 heteroatoms. The molecule has 18 heavy (non-hydrogen) atoms. The van der Waals surface area contributed by atoms with Crippen LogP contribution in [0.3, 0.4) is 0 Å². The van der Waals surface area contributed by atoms with Crippen LogP contribution in [0.2, 0.25) is 0 Å². The Morgan fingerprint density at radius 2 is 2.17 bits per heavy atom. The van der Waals surface area contributed by atoms with E-state index in [4.69, 9.17) is 17.0 Å². The molecule has 0 aliphatic rings. The molecule has 98 valence electrons. The number of rotatable bonds is 5. The highest BCUT2D eigenvalue weighted by atomic mass is 16.3. The molecule has 1 rings (SSSR count). The van der Waals surface area contributed by atoms with Crippen molar-refractivity contribution in [1.29, 1.82) is 0 Å². The number of aliphatic hydroxyl groups is 2. The van der Waals surface area contributed by atoms with Crippen LogP contribution in [0.25, 0.3) is 10.4 Å². The highest BCUT2D eigenvalue weighted by molar-refractivity contribution is 5.60. The Labute approximate surface area is 104 Å². The first kappa shape index (κ1) is 14.0. The zero-order valence-electron chi connectivity index (χ0n) is 9.98. The summed E-state index contributed by atoms with van der Waals surface area (Å²) in [5, 5.41) is 23.0. The largest absolute Gasteiger partial charge is 0.396 e. The Morgan fingerprint density at radius 1 is 1.50 bits per heavy atom. The Morgan fingerprint density at radius 3 is 2.78 bits per heavy atom. The summed E-state index contributed by atoms with van der Waals surface area (Å²) in [6, 6.07) is 1.49. The van der Waals surface area contributed by atoms with Crippen molar-refractivity contribution in [3.8, 4) is 0 Å². The second kappa shape index (κ2) is 6.06. The Kier molecular flexibility index (Phi) is 4.73. The Balaban J connectivity index is 2.85. The van der Waals surface area contributed by atoms with E-state index < -0.39 is 12.2 Å². The first-order valence-electron chi connectivity index (χ1n) is 5.36. The van der Waals surface area contributed by atoms with Crippen LogP contribution in [-0.2, 0) is 0 Å². The fourth-order valence-electron chi connectivity index (χ4n) is 1.55. The van der Waals surface area contributed by atoms with E-state index in [1.807, 2.05) is 0 Å². The lowest BCUT2D eigenvalue weighted by atomic mass is 10.0. The van der Waals surface area contributed by atoms with E-state index in [1.165, 1.54) is 6.07 Å². The highest BCUT2D eigenvalue weighted by Crippen LogP contribution is 2.25. The molecule has 0 amide bonds. The normalized spacial score (nSPS) is 13.7. The van der Waals surface area contributed by atoms with E-state index in [9.17, 15) is 10.2 Å². The van der Waals surface area contributed by atoms with Gasteiger partial charge in [0.15, 0.2) is 0 Å². The molecule has 0 spiro atoms. The number of pyridine rings is 1. The fourth-order valence-corrected chi connectivity index (χ4v) is 1.55. The highest BCUT2D eigenvalue weighted by Gasteiger charge is 2.21. The second-order valence-corrected chi connectivity index (χ2v) is 3.89. The lowest BCUT2D eigenvalue weighted by Crippen LogP contribution is -2.21. The van der Waals surface area contributed by atoms with Gasteiger partial charge in [0, 0.05) is 22.7 Å². The number of nitrogens with two attached hydrogens (primary N) is 2. The molecule has 2 unspecified atom stereocenters. The van der Waals surface area contributed by atoms with Gasteiger partial charge in [-0.3, -0.25) is 0 Å². The van der Waals surface area contributed by atoms with Crippen molar-refractivity contribution in [1.82, 2.24) is 4.98 Å². The number of anilines is 2. The minimum atomic E-state index is -1.14. The van der Waals surface area contributed by atoms with E-state index >= 15 is 0 Å². The predicted molar refractivity (Wildman–Crippen MR) is 67.4 cm³/mol. The first-order chi connectivity index (χ1) is 8.47. The molecule has 0 radical (unpaired) electrons. The molecule has 2 atom stereocenters. The van der Waals surface area contributed by atoms with Crippen LogP contribution < -0.4 is 11.5 Å². The molecule has 1 heterocycles. The quantitative estimate of drug-likeness (QED) is 0.344. The summed E-state index contributed by atoms with van der Waals surface area (Å²) in [5.41, 5.74) is 20.4. The van der Waals surface area contributed by atoms with Gasteiger partial charge in [-0.1, -0.05) is 5.11 Å². The third kappa shape index (κ3) is 3.24. The van der Waals surface area contributed by atoms with Crippen molar-refractivity contribution in [2.24, 2.45) is 5.11 Å². The number of aromatic nitrogens is 1. The maximum atomic E-state index is 9.96. The van der Waals surface area contributed by atoms with E-state index in [0.717, 1.165) is 0 Å². The van der Waals surface area contributed by atoms with Gasteiger partial charge in [0.25, 0.3) is 0 Å². The van der Waals surface area contributed by atoms with Gasteiger partial charge in [0.05, 0.1) is 11.8 Å². The summed E-state index contributed by atoms with van der Waals surface area (Å²) in [4.78, 5) is 6.54. The van der Waals surface area contributed by atoms with Gasteiger partial charge in [-0.2, -0.15) is 0 Å². The molecule has 0 bridgehead atoms. The number of nitrogens with zero attached hydrogens (tertiary/aromatic N) is 4. The number of aryl methyl sites for hydroxylation is 1. The number of hydrogen-bond acceptors (Lipinski definition) is 6. The zero-order valence-corrected chi connectivity index (χ0v) is 9.98. The molecule has 0 aromatic carbocycles. The summed E-state index contributed by atoms with van der Waals surface area (Å²) >= 11 is 0. The van der Waals surface area contributed by atoms with Crippen LogP contribution >= 0.6 is 0 Å². The maximum Gasteiger partial charge on any atom is 0.146 e. The lowest BCUT2D eigenvalue weighted by Gasteiger charge is -2.19. The molecule has 6 N–H and O–H groups in total. The first-order valence-corrected chi connectivity index (χ1v) is 5.36. The van der Waals surface area contributed by atoms with Gasteiger partial charge < -0.3 is 21.7 Å². The zero-order chi connectivity index (χ0) is 13.7. The minimum absolute atomic E-state index is 0.103. The Hall–Kier alpha value is -2.02. The van der Waals surface area contributed by atoms with E-state index in [0.29, 0.717) is 11.3 Å². The third-order valence-electron chi connectivity index (χ3n) is 2.58. The topological polar surface area (TPSA) is 154 Å². The molecule has 0 aliphatic heterocycles. The molecule has 1 aromatic heterocycles. The van der Waals surface area contributed by atoms with Crippen molar-refractivity contribution in [2.75, 3.05) is 18.0 Å². The smallest absolute Gasteiger partial charge is 0.146 e. The van der Waals surface area contributed by atoms with Crippen molar-refractivity contribution in [2.45, 2.75) is 25.6 Å². The van der Waals surface area contributed by atoms with Crippen LogP contribution in [0.15, 0.2) is 11.2 Å². The average molecular weight is 252 g/mol. The summed E-state index contributed by atoms with van der Waals surface area (Å²) < 4.78 is 0. The van der Waals surface area contributed by atoms with Crippen LogP contribution in [0, 0.1) is 6.92 Å². The summed E-state index contributed by atoms with van der Waals surface area (Å²) in [6.07, 6.45) is -2.05. The van der Waals surface area contributed by atoms with Gasteiger partial charge in [-0.05, 0) is 24.9 Å². The summed E-state index contributed by atoms with van der Waals surface area (Å²) in [7, 11) is 0. The number of hydrogen-bond donors (Lipinski definition) is 4. The SMILES string of the molecule is Cc1nc(N)c(N)cc1C(O)C(O)CCN=[N+]=[N-]. The number of azide groups is 1. The molecule has 8 nitrogen and oxygen atoms in total. The van der Waals surface area contributed by atoms with Gasteiger partial charge in [-0.25, -0.2) is 4.98 Å². The minimum Gasteiger partial charge on any atom is -0.396 e. The van der Waals surface area contributed by atoms with Crippen LogP contribution in [0.1, 0.15) is 23.8 Å². The van der Waals surface area contributed by atoms with Crippen molar-refractivity contribution < 1.29 is 10.2 Å². The van der Waals surface area contributed by atoms with E-state index in [2.05, 4.69) is 15.0 Å². The lowest BCUT2D eigenvalue weighted by molar-refractivity contribution is 0.0145. The summed E-state index contributed by atoms with van der Waals surface area (Å²) in [5.74, 6) is 0.187.